The molecule has 1 heterocycles. The quantitative estimate of drug-likeness (QED) is 0.930. The van der Waals surface area contributed by atoms with Crippen molar-refractivity contribution < 1.29 is 0 Å². The van der Waals surface area contributed by atoms with Crippen LogP contribution in [0.15, 0.2) is 36.4 Å². The second kappa shape index (κ2) is 6.27. The summed E-state index contributed by atoms with van der Waals surface area (Å²) in [4.78, 5) is 6.66. The van der Waals surface area contributed by atoms with Crippen molar-refractivity contribution in [3.05, 3.63) is 47.5 Å². The van der Waals surface area contributed by atoms with E-state index in [4.69, 9.17) is 5.73 Å². The van der Waals surface area contributed by atoms with Crippen molar-refractivity contribution in [2.75, 3.05) is 19.8 Å². The molecule has 1 aromatic heterocycles. The number of nitrogens with zero attached hydrogens (tertiary/aromatic N) is 2. The molecule has 0 bridgehead atoms. The van der Waals surface area contributed by atoms with Crippen molar-refractivity contribution in [1.29, 1.82) is 0 Å². The summed E-state index contributed by atoms with van der Waals surface area (Å²) >= 11 is 0. The van der Waals surface area contributed by atoms with Crippen molar-refractivity contribution in [2.24, 2.45) is 0 Å². The smallest absolute Gasteiger partial charge is 0.124 e. The Hall–Kier alpha value is -1.87. The maximum absolute atomic E-state index is 5.83. The van der Waals surface area contributed by atoms with Crippen LogP contribution in [0.1, 0.15) is 30.9 Å². The summed E-state index contributed by atoms with van der Waals surface area (Å²) in [5.41, 5.74) is 10.4. The van der Waals surface area contributed by atoms with Gasteiger partial charge in [-0.05, 0) is 57.1 Å². The molecule has 0 amide bonds. The van der Waals surface area contributed by atoms with E-state index in [2.05, 4.69) is 68.2 Å². The number of aromatic nitrogens is 1. The van der Waals surface area contributed by atoms with Gasteiger partial charge in [-0.2, -0.15) is 0 Å². The fourth-order valence-electron chi connectivity index (χ4n) is 2.53. The Labute approximate surface area is 127 Å². The summed E-state index contributed by atoms with van der Waals surface area (Å²) in [5, 5.41) is 0. The lowest BCUT2D eigenvalue weighted by molar-refractivity contribution is 0.280. The van der Waals surface area contributed by atoms with Crippen molar-refractivity contribution in [1.82, 2.24) is 9.88 Å². The van der Waals surface area contributed by atoms with Crippen molar-refractivity contribution in [3.63, 3.8) is 0 Å². The van der Waals surface area contributed by atoms with Crippen LogP contribution in [0.2, 0.25) is 0 Å². The number of aryl methyl sites for hydroxylation is 1. The van der Waals surface area contributed by atoms with Crippen LogP contribution in [0.3, 0.4) is 0 Å². The summed E-state index contributed by atoms with van der Waals surface area (Å²) in [6, 6.07) is 13.1. The summed E-state index contributed by atoms with van der Waals surface area (Å²) < 4.78 is 0. The lowest BCUT2D eigenvalue weighted by atomic mass is 9.92. The number of anilines is 1. The zero-order chi connectivity index (χ0) is 15.6. The number of rotatable bonds is 4. The highest BCUT2D eigenvalue weighted by atomic mass is 15.1. The molecule has 21 heavy (non-hydrogen) atoms. The van der Waals surface area contributed by atoms with E-state index in [1.807, 2.05) is 13.0 Å². The normalized spacial score (nSPS) is 14.2. The second-order valence-electron chi connectivity index (χ2n) is 6.07. The minimum Gasteiger partial charge on any atom is -0.384 e. The average molecular weight is 283 g/mol. The first kappa shape index (κ1) is 15.5. The molecular weight excluding hydrogens is 258 g/mol. The SMILES string of the molecule is Cc1cc(N)nc(-c2ccc(C(C)C(C)N(C)C)cc2)c1. The highest BCUT2D eigenvalue weighted by Crippen LogP contribution is 2.25. The summed E-state index contributed by atoms with van der Waals surface area (Å²) in [5.74, 6) is 1.06. The Kier molecular flexibility index (Phi) is 4.63. The molecule has 2 atom stereocenters. The van der Waals surface area contributed by atoms with Crippen LogP contribution in [0.25, 0.3) is 11.3 Å². The number of nitrogens with two attached hydrogens (primary N) is 1. The summed E-state index contributed by atoms with van der Waals surface area (Å²) in [6.07, 6.45) is 0. The zero-order valence-corrected chi connectivity index (χ0v) is 13.6. The molecule has 0 radical (unpaired) electrons. The molecule has 2 aromatic rings. The fraction of sp³-hybridized carbons (Fsp3) is 0.389. The van der Waals surface area contributed by atoms with Crippen LogP contribution < -0.4 is 5.73 Å². The number of pyridine rings is 1. The molecule has 0 fully saturated rings. The third kappa shape index (κ3) is 3.61. The van der Waals surface area contributed by atoms with Gasteiger partial charge in [0.15, 0.2) is 0 Å². The zero-order valence-electron chi connectivity index (χ0n) is 13.6. The molecule has 0 saturated heterocycles. The van der Waals surface area contributed by atoms with Gasteiger partial charge in [-0.3, -0.25) is 0 Å². The molecule has 3 nitrogen and oxygen atoms in total. The van der Waals surface area contributed by atoms with E-state index < -0.39 is 0 Å². The van der Waals surface area contributed by atoms with Crippen LogP contribution in [-0.4, -0.2) is 30.0 Å². The molecule has 0 spiro atoms. The molecule has 112 valence electrons. The third-order valence-electron chi connectivity index (χ3n) is 4.26. The molecular formula is C18H25N3. The number of nitrogen functional groups attached to an aromatic ring is 1. The van der Waals surface area contributed by atoms with E-state index >= 15 is 0 Å². The molecule has 2 rings (SSSR count). The van der Waals surface area contributed by atoms with Crippen molar-refractivity contribution >= 4 is 5.82 Å². The Bertz CT molecular complexity index is 582. The molecule has 0 aliphatic rings. The van der Waals surface area contributed by atoms with Gasteiger partial charge in [0.25, 0.3) is 0 Å². The lowest BCUT2D eigenvalue weighted by Gasteiger charge is -2.26. The average Bonchev–Trinajstić information content (AvgIpc) is 2.44. The van der Waals surface area contributed by atoms with Crippen LogP contribution >= 0.6 is 0 Å². The Morgan fingerprint density at radius 1 is 1.05 bits per heavy atom. The molecule has 1 aromatic carbocycles. The van der Waals surface area contributed by atoms with Crippen LogP contribution in [0.4, 0.5) is 5.82 Å². The van der Waals surface area contributed by atoms with Gasteiger partial charge in [0, 0.05) is 11.6 Å². The number of likely N-dealkylation sites (N-methyl/N-ethyl adjacent to an activating group) is 1. The highest BCUT2D eigenvalue weighted by molar-refractivity contribution is 5.62. The predicted octanol–water partition coefficient (Wildman–Crippen LogP) is 3.69. The standard InChI is InChI=1S/C18H25N3/c1-12-10-17(20-18(19)11-12)16-8-6-15(7-9-16)13(2)14(3)21(4)5/h6-11,13-14H,1-5H3,(H2,19,20). The van der Waals surface area contributed by atoms with E-state index in [1.165, 1.54) is 5.56 Å². The Morgan fingerprint density at radius 3 is 2.19 bits per heavy atom. The van der Waals surface area contributed by atoms with Gasteiger partial charge in [-0.1, -0.05) is 31.2 Å². The molecule has 0 aliphatic carbocycles. The number of hydrogen-bond acceptors (Lipinski definition) is 3. The monoisotopic (exact) mass is 283 g/mol. The molecule has 2 N–H and O–H groups in total. The second-order valence-corrected chi connectivity index (χ2v) is 6.07. The first-order valence-corrected chi connectivity index (χ1v) is 7.39. The first-order chi connectivity index (χ1) is 9.88. The molecule has 0 aliphatic heterocycles. The van der Waals surface area contributed by atoms with E-state index in [0.29, 0.717) is 17.8 Å². The Morgan fingerprint density at radius 2 is 1.67 bits per heavy atom. The van der Waals surface area contributed by atoms with Crippen LogP contribution in [0, 0.1) is 6.92 Å². The first-order valence-electron chi connectivity index (χ1n) is 7.39. The fourth-order valence-corrected chi connectivity index (χ4v) is 2.53. The molecule has 2 unspecified atom stereocenters. The highest BCUT2D eigenvalue weighted by Gasteiger charge is 2.16. The predicted molar refractivity (Wildman–Crippen MR) is 90.4 cm³/mol. The topological polar surface area (TPSA) is 42.1 Å². The maximum Gasteiger partial charge on any atom is 0.124 e. The minimum atomic E-state index is 0.490. The van der Waals surface area contributed by atoms with E-state index in [0.717, 1.165) is 16.8 Å². The Balaban J connectivity index is 2.26. The molecule has 3 heteroatoms. The molecule has 0 saturated carbocycles. The van der Waals surface area contributed by atoms with E-state index in [-0.39, 0.29) is 0 Å². The van der Waals surface area contributed by atoms with Crippen molar-refractivity contribution in [3.8, 4) is 11.3 Å². The van der Waals surface area contributed by atoms with Gasteiger partial charge in [0.1, 0.15) is 5.82 Å². The number of hydrogen-bond donors (Lipinski definition) is 1. The van der Waals surface area contributed by atoms with Gasteiger partial charge in [-0.15, -0.1) is 0 Å². The summed E-state index contributed by atoms with van der Waals surface area (Å²) in [7, 11) is 4.24. The van der Waals surface area contributed by atoms with E-state index in [1.54, 1.807) is 0 Å². The summed E-state index contributed by atoms with van der Waals surface area (Å²) in [6.45, 7) is 6.56. The van der Waals surface area contributed by atoms with Gasteiger partial charge >= 0.3 is 0 Å². The van der Waals surface area contributed by atoms with Crippen LogP contribution in [0.5, 0.6) is 0 Å². The largest absolute Gasteiger partial charge is 0.384 e. The van der Waals surface area contributed by atoms with Crippen LogP contribution in [-0.2, 0) is 0 Å². The lowest BCUT2D eigenvalue weighted by Crippen LogP contribution is -2.29. The van der Waals surface area contributed by atoms with Gasteiger partial charge in [0.2, 0.25) is 0 Å². The van der Waals surface area contributed by atoms with Gasteiger partial charge < -0.3 is 10.6 Å². The third-order valence-corrected chi connectivity index (χ3v) is 4.26. The van der Waals surface area contributed by atoms with Gasteiger partial charge in [-0.25, -0.2) is 4.98 Å². The number of benzene rings is 1. The maximum atomic E-state index is 5.83. The van der Waals surface area contributed by atoms with Crippen molar-refractivity contribution in [2.45, 2.75) is 32.7 Å². The van der Waals surface area contributed by atoms with E-state index in [9.17, 15) is 0 Å². The minimum absolute atomic E-state index is 0.490. The van der Waals surface area contributed by atoms with Gasteiger partial charge in [0.05, 0.1) is 5.69 Å².